The number of anilines is 1. The van der Waals surface area contributed by atoms with Crippen LogP contribution >= 0.6 is 0 Å². The van der Waals surface area contributed by atoms with Crippen LogP contribution in [-0.4, -0.2) is 36.4 Å². The second-order valence-electron chi connectivity index (χ2n) is 9.04. The summed E-state index contributed by atoms with van der Waals surface area (Å²) < 4.78 is 32.3. The molecule has 0 unspecified atom stereocenters. The van der Waals surface area contributed by atoms with E-state index in [1.165, 1.54) is 19.1 Å². The molecule has 1 aromatic carbocycles. The van der Waals surface area contributed by atoms with Crippen LogP contribution in [0.2, 0.25) is 0 Å². The van der Waals surface area contributed by atoms with Gasteiger partial charge in [-0.1, -0.05) is 30.8 Å². The Morgan fingerprint density at radius 3 is 2.32 bits per heavy atom. The standard InChI is InChI=1S/C23H33N5O5S/c1-16(2)28-34(31,32)19-10-8-18(9-11-19)24-20(30)12-13-21-25-22(27-33-21)23(26-17(3)29)14-6-4-5-7-15-23/h8-11,16,28H,4-7,12-15H2,1-3H3,(H,24,30)(H,26,29). The van der Waals surface area contributed by atoms with Crippen LogP contribution in [-0.2, 0) is 31.6 Å². The Kier molecular flexibility index (Phi) is 8.42. The molecular weight excluding hydrogens is 458 g/mol. The molecule has 0 radical (unpaired) electrons. The van der Waals surface area contributed by atoms with Gasteiger partial charge in [0.05, 0.1) is 4.90 Å². The molecule has 2 aromatic rings. The molecule has 2 amide bonds. The first kappa shape index (κ1) is 25.8. The third kappa shape index (κ3) is 6.86. The number of hydrogen-bond acceptors (Lipinski definition) is 7. The molecule has 11 heteroatoms. The minimum absolute atomic E-state index is 0.115. The van der Waals surface area contributed by atoms with E-state index in [-0.39, 0.29) is 35.6 Å². The lowest BCUT2D eigenvalue weighted by molar-refractivity contribution is -0.121. The van der Waals surface area contributed by atoms with Crippen LogP contribution in [0, 0.1) is 0 Å². The Bertz CT molecular complexity index is 1090. The number of sulfonamides is 1. The van der Waals surface area contributed by atoms with Crippen molar-refractivity contribution in [2.24, 2.45) is 0 Å². The summed E-state index contributed by atoms with van der Waals surface area (Å²) in [6.45, 7) is 4.98. The molecule has 186 valence electrons. The first-order valence-corrected chi connectivity index (χ1v) is 13.1. The van der Waals surface area contributed by atoms with Crippen LogP contribution in [0.15, 0.2) is 33.7 Å². The van der Waals surface area contributed by atoms with Crippen LogP contribution in [0.4, 0.5) is 5.69 Å². The van der Waals surface area contributed by atoms with Gasteiger partial charge in [-0.25, -0.2) is 13.1 Å². The highest BCUT2D eigenvalue weighted by Gasteiger charge is 2.38. The van der Waals surface area contributed by atoms with Crippen molar-refractivity contribution in [1.82, 2.24) is 20.2 Å². The zero-order chi connectivity index (χ0) is 24.8. The molecule has 1 saturated carbocycles. The summed E-state index contributed by atoms with van der Waals surface area (Å²) in [6, 6.07) is 5.75. The Morgan fingerprint density at radius 1 is 1.09 bits per heavy atom. The van der Waals surface area contributed by atoms with Crippen LogP contribution in [0.1, 0.15) is 77.4 Å². The quantitative estimate of drug-likeness (QED) is 0.457. The highest BCUT2D eigenvalue weighted by molar-refractivity contribution is 7.89. The number of carbonyl (C=O) groups is 2. The second kappa shape index (κ2) is 11.1. The SMILES string of the molecule is CC(=O)NC1(c2noc(CCC(=O)Nc3ccc(S(=O)(=O)NC(C)C)cc3)n2)CCCCCC1. The fraction of sp³-hybridized carbons (Fsp3) is 0.565. The maximum absolute atomic E-state index is 12.4. The van der Waals surface area contributed by atoms with Gasteiger partial charge in [-0.15, -0.1) is 0 Å². The Morgan fingerprint density at radius 2 is 1.74 bits per heavy atom. The molecule has 0 atom stereocenters. The molecule has 1 aliphatic carbocycles. The molecular formula is C23H33N5O5S. The van der Waals surface area contributed by atoms with Crippen molar-refractivity contribution >= 4 is 27.5 Å². The van der Waals surface area contributed by atoms with Crippen LogP contribution in [0.3, 0.4) is 0 Å². The zero-order valence-corrected chi connectivity index (χ0v) is 20.7. The monoisotopic (exact) mass is 491 g/mol. The van der Waals surface area contributed by atoms with Crippen LogP contribution in [0.25, 0.3) is 0 Å². The molecule has 1 aliphatic rings. The minimum Gasteiger partial charge on any atom is -0.343 e. The smallest absolute Gasteiger partial charge is 0.240 e. The third-order valence-corrected chi connectivity index (χ3v) is 7.35. The Labute approximate surface area is 200 Å². The maximum atomic E-state index is 12.4. The van der Waals surface area contributed by atoms with Gasteiger partial charge in [0, 0.05) is 31.5 Å². The summed E-state index contributed by atoms with van der Waals surface area (Å²) in [6.07, 6.45) is 6.03. The van der Waals surface area contributed by atoms with E-state index in [1.807, 2.05) is 0 Å². The van der Waals surface area contributed by atoms with Gasteiger partial charge in [0.2, 0.25) is 27.7 Å². The summed E-state index contributed by atoms with van der Waals surface area (Å²) in [4.78, 5) is 28.8. The first-order valence-electron chi connectivity index (χ1n) is 11.6. The summed E-state index contributed by atoms with van der Waals surface area (Å²) >= 11 is 0. The molecule has 3 rings (SSSR count). The largest absolute Gasteiger partial charge is 0.343 e. The predicted octanol–water partition coefficient (Wildman–Crippen LogP) is 3.01. The first-order chi connectivity index (χ1) is 16.1. The maximum Gasteiger partial charge on any atom is 0.240 e. The van der Waals surface area contributed by atoms with Crippen LogP contribution in [0.5, 0.6) is 0 Å². The van der Waals surface area contributed by atoms with Gasteiger partial charge in [-0.2, -0.15) is 4.98 Å². The van der Waals surface area contributed by atoms with Gasteiger partial charge in [0.1, 0.15) is 5.54 Å². The molecule has 1 fully saturated rings. The highest BCUT2D eigenvalue weighted by Crippen LogP contribution is 2.34. The lowest BCUT2D eigenvalue weighted by atomic mass is 9.89. The summed E-state index contributed by atoms with van der Waals surface area (Å²) in [5.41, 5.74) is -0.137. The fourth-order valence-electron chi connectivity index (χ4n) is 4.16. The van der Waals surface area contributed by atoms with E-state index in [4.69, 9.17) is 4.52 Å². The zero-order valence-electron chi connectivity index (χ0n) is 19.9. The van der Waals surface area contributed by atoms with Gasteiger partial charge in [-0.3, -0.25) is 9.59 Å². The van der Waals surface area contributed by atoms with Gasteiger partial charge in [0.15, 0.2) is 5.82 Å². The van der Waals surface area contributed by atoms with Crippen molar-refractivity contribution in [3.05, 3.63) is 36.0 Å². The second-order valence-corrected chi connectivity index (χ2v) is 10.8. The number of nitrogens with zero attached hydrogens (tertiary/aromatic N) is 2. The van der Waals surface area contributed by atoms with E-state index < -0.39 is 15.6 Å². The number of carbonyl (C=O) groups excluding carboxylic acids is 2. The topological polar surface area (TPSA) is 143 Å². The lowest BCUT2D eigenvalue weighted by Gasteiger charge is -2.30. The highest BCUT2D eigenvalue weighted by atomic mass is 32.2. The molecule has 0 saturated heterocycles. The van der Waals surface area contributed by atoms with Crippen LogP contribution < -0.4 is 15.4 Å². The predicted molar refractivity (Wildman–Crippen MR) is 126 cm³/mol. The number of aromatic nitrogens is 2. The van der Waals surface area contributed by atoms with E-state index in [0.29, 0.717) is 17.4 Å². The Hall–Kier alpha value is -2.79. The number of nitrogens with one attached hydrogen (secondary N) is 3. The van der Waals surface area contributed by atoms with Crippen molar-refractivity contribution in [3.8, 4) is 0 Å². The van der Waals surface area contributed by atoms with Crippen molar-refractivity contribution in [3.63, 3.8) is 0 Å². The number of hydrogen-bond donors (Lipinski definition) is 3. The van der Waals surface area contributed by atoms with Crippen molar-refractivity contribution in [2.45, 2.75) is 88.6 Å². The van der Waals surface area contributed by atoms with Gasteiger partial charge >= 0.3 is 0 Å². The van der Waals surface area contributed by atoms with Crippen molar-refractivity contribution in [2.75, 3.05) is 5.32 Å². The minimum atomic E-state index is -3.59. The average molecular weight is 492 g/mol. The number of amides is 2. The van der Waals surface area contributed by atoms with Gasteiger partial charge in [-0.05, 0) is 51.0 Å². The lowest BCUT2D eigenvalue weighted by Crippen LogP contribution is -2.45. The third-order valence-electron chi connectivity index (χ3n) is 5.67. The normalized spacial score (nSPS) is 16.1. The van der Waals surface area contributed by atoms with Crippen molar-refractivity contribution < 1.29 is 22.5 Å². The summed E-state index contributed by atoms with van der Waals surface area (Å²) in [7, 11) is -3.59. The Balaban J connectivity index is 1.59. The van der Waals surface area contributed by atoms with E-state index >= 15 is 0 Å². The van der Waals surface area contributed by atoms with Gasteiger partial charge in [0.25, 0.3) is 0 Å². The number of rotatable bonds is 9. The molecule has 3 N–H and O–H groups in total. The molecule has 0 spiro atoms. The molecule has 1 heterocycles. The van der Waals surface area contributed by atoms with E-state index in [1.54, 1.807) is 26.0 Å². The molecule has 0 bridgehead atoms. The molecule has 34 heavy (non-hydrogen) atoms. The van der Waals surface area contributed by atoms with Crippen molar-refractivity contribution in [1.29, 1.82) is 0 Å². The summed E-state index contributed by atoms with van der Waals surface area (Å²) in [5.74, 6) is 0.403. The molecule has 1 aromatic heterocycles. The van der Waals surface area contributed by atoms with E-state index in [0.717, 1.165) is 38.5 Å². The van der Waals surface area contributed by atoms with E-state index in [2.05, 4.69) is 25.5 Å². The number of benzene rings is 1. The van der Waals surface area contributed by atoms with Gasteiger partial charge < -0.3 is 15.2 Å². The average Bonchev–Trinajstić information content (AvgIpc) is 3.12. The number of aryl methyl sites for hydroxylation is 1. The molecule has 0 aliphatic heterocycles. The summed E-state index contributed by atoms with van der Waals surface area (Å²) in [5, 5.41) is 9.91. The molecule has 10 nitrogen and oxygen atoms in total. The van der Waals surface area contributed by atoms with E-state index in [9.17, 15) is 18.0 Å². The fourth-order valence-corrected chi connectivity index (χ4v) is 5.42.